The molecule has 0 spiro atoms. The third kappa shape index (κ3) is 3.72. The van der Waals surface area contributed by atoms with Crippen LogP contribution >= 0.6 is 0 Å². The molecule has 0 aromatic heterocycles. The van der Waals surface area contributed by atoms with Crippen molar-refractivity contribution in [2.24, 2.45) is 4.99 Å². The lowest BCUT2D eigenvalue weighted by atomic mass is 10.0. The number of unbranched alkanes of at least 4 members (excludes halogenated alkanes) is 1. The van der Waals surface area contributed by atoms with Crippen molar-refractivity contribution in [1.82, 2.24) is 10.2 Å². The highest BCUT2D eigenvalue weighted by Crippen LogP contribution is 2.18. The maximum atomic E-state index is 4.73. The van der Waals surface area contributed by atoms with Crippen LogP contribution in [0.15, 0.2) is 29.3 Å². The van der Waals surface area contributed by atoms with Crippen LogP contribution in [0.1, 0.15) is 37.8 Å². The predicted molar refractivity (Wildman–Crippen MR) is 81.4 cm³/mol. The first-order chi connectivity index (χ1) is 9.35. The van der Waals surface area contributed by atoms with Crippen molar-refractivity contribution in [2.75, 3.05) is 19.6 Å². The molecule has 1 heterocycles. The highest BCUT2D eigenvalue weighted by Gasteiger charge is 2.18. The normalized spacial score (nSPS) is 15.3. The van der Waals surface area contributed by atoms with Crippen LogP contribution in [0.25, 0.3) is 0 Å². The summed E-state index contributed by atoms with van der Waals surface area (Å²) in [6, 6.07) is 8.74. The van der Waals surface area contributed by atoms with Gasteiger partial charge in [-0.2, -0.15) is 0 Å². The molecule has 3 heteroatoms. The first kappa shape index (κ1) is 13.9. The second-order valence-corrected chi connectivity index (χ2v) is 5.03. The van der Waals surface area contributed by atoms with Gasteiger partial charge >= 0.3 is 0 Å². The lowest BCUT2D eigenvalue weighted by Gasteiger charge is -2.31. The van der Waals surface area contributed by atoms with Gasteiger partial charge in [0.2, 0.25) is 0 Å². The van der Waals surface area contributed by atoms with E-state index in [0.717, 1.165) is 38.6 Å². The molecule has 1 aromatic rings. The van der Waals surface area contributed by atoms with Gasteiger partial charge in [-0.15, -0.1) is 0 Å². The van der Waals surface area contributed by atoms with Crippen molar-refractivity contribution in [3.8, 4) is 0 Å². The molecule has 1 N–H and O–H groups in total. The smallest absolute Gasteiger partial charge is 0.194 e. The van der Waals surface area contributed by atoms with Crippen LogP contribution in [-0.4, -0.2) is 30.5 Å². The molecule has 0 atom stereocenters. The molecule has 1 aromatic carbocycles. The Balaban J connectivity index is 2.05. The zero-order valence-electron chi connectivity index (χ0n) is 12.2. The monoisotopic (exact) mass is 259 g/mol. The van der Waals surface area contributed by atoms with Crippen LogP contribution in [-0.2, 0) is 13.0 Å². The van der Waals surface area contributed by atoms with Crippen LogP contribution in [0.3, 0.4) is 0 Å². The summed E-state index contributed by atoms with van der Waals surface area (Å²) >= 11 is 0. The molecule has 1 aliphatic heterocycles. The van der Waals surface area contributed by atoms with E-state index in [1.807, 2.05) is 0 Å². The van der Waals surface area contributed by atoms with Crippen molar-refractivity contribution in [1.29, 1.82) is 0 Å². The zero-order valence-corrected chi connectivity index (χ0v) is 12.2. The van der Waals surface area contributed by atoms with Gasteiger partial charge in [0, 0.05) is 26.2 Å². The Morgan fingerprint density at radius 2 is 2.05 bits per heavy atom. The van der Waals surface area contributed by atoms with Gasteiger partial charge in [-0.1, -0.05) is 37.6 Å². The Morgan fingerprint density at radius 3 is 2.79 bits per heavy atom. The fraction of sp³-hybridized carbons (Fsp3) is 0.562. The minimum absolute atomic E-state index is 0.928. The molecule has 104 valence electrons. The minimum Gasteiger partial charge on any atom is -0.357 e. The standard InChI is InChI=1S/C16H25N3/c1-3-5-11-18-16(17-4-2)19-12-10-14-8-6-7-9-15(14)13-19/h6-9H,3-5,10-13H2,1-2H3,(H,17,18). The number of nitrogens with zero attached hydrogens (tertiary/aromatic N) is 2. The molecule has 0 radical (unpaired) electrons. The number of fused-ring (bicyclic) bond motifs is 1. The van der Waals surface area contributed by atoms with E-state index >= 15 is 0 Å². The average Bonchev–Trinajstić information content (AvgIpc) is 2.46. The van der Waals surface area contributed by atoms with E-state index in [1.165, 1.54) is 24.0 Å². The van der Waals surface area contributed by atoms with E-state index in [1.54, 1.807) is 0 Å². The topological polar surface area (TPSA) is 27.6 Å². The quantitative estimate of drug-likeness (QED) is 0.511. The van der Waals surface area contributed by atoms with Gasteiger partial charge in [0.1, 0.15) is 0 Å². The molecule has 0 aliphatic carbocycles. The van der Waals surface area contributed by atoms with Gasteiger partial charge in [-0.3, -0.25) is 4.99 Å². The summed E-state index contributed by atoms with van der Waals surface area (Å²) in [4.78, 5) is 7.11. The molecule has 19 heavy (non-hydrogen) atoms. The number of rotatable bonds is 4. The van der Waals surface area contributed by atoms with Crippen molar-refractivity contribution < 1.29 is 0 Å². The molecular formula is C16H25N3. The van der Waals surface area contributed by atoms with Crippen LogP contribution in [0.4, 0.5) is 0 Å². The van der Waals surface area contributed by atoms with E-state index in [0.29, 0.717) is 0 Å². The molecule has 3 nitrogen and oxygen atoms in total. The van der Waals surface area contributed by atoms with E-state index in [4.69, 9.17) is 4.99 Å². The van der Waals surface area contributed by atoms with E-state index in [2.05, 4.69) is 48.3 Å². The Morgan fingerprint density at radius 1 is 1.26 bits per heavy atom. The van der Waals surface area contributed by atoms with Crippen LogP contribution in [0, 0.1) is 0 Å². The minimum atomic E-state index is 0.928. The first-order valence-electron chi connectivity index (χ1n) is 7.45. The zero-order chi connectivity index (χ0) is 13.5. The maximum absolute atomic E-state index is 4.73. The largest absolute Gasteiger partial charge is 0.357 e. The lowest BCUT2D eigenvalue weighted by molar-refractivity contribution is 0.378. The van der Waals surface area contributed by atoms with Gasteiger partial charge < -0.3 is 10.2 Å². The average molecular weight is 259 g/mol. The van der Waals surface area contributed by atoms with Crippen molar-refractivity contribution in [3.05, 3.63) is 35.4 Å². The number of hydrogen-bond donors (Lipinski definition) is 1. The SMILES string of the molecule is CCCCN=C(NCC)N1CCc2ccccc2C1. The summed E-state index contributed by atoms with van der Waals surface area (Å²) in [5.41, 5.74) is 2.93. The van der Waals surface area contributed by atoms with Crippen molar-refractivity contribution in [3.63, 3.8) is 0 Å². The first-order valence-corrected chi connectivity index (χ1v) is 7.45. The van der Waals surface area contributed by atoms with Crippen molar-refractivity contribution >= 4 is 5.96 Å². The van der Waals surface area contributed by atoms with Crippen LogP contribution in [0.2, 0.25) is 0 Å². The lowest BCUT2D eigenvalue weighted by Crippen LogP contribution is -2.44. The maximum Gasteiger partial charge on any atom is 0.194 e. The summed E-state index contributed by atoms with van der Waals surface area (Å²) in [6.07, 6.45) is 3.49. The predicted octanol–water partition coefficient (Wildman–Crippen LogP) is 2.81. The summed E-state index contributed by atoms with van der Waals surface area (Å²) in [6.45, 7) is 8.25. The molecule has 0 saturated heterocycles. The van der Waals surface area contributed by atoms with Gasteiger partial charge in [0.25, 0.3) is 0 Å². The third-order valence-corrected chi connectivity index (χ3v) is 3.54. The Labute approximate surface area is 116 Å². The summed E-state index contributed by atoms with van der Waals surface area (Å²) in [7, 11) is 0. The molecule has 0 amide bonds. The van der Waals surface area contributed by atoms with Gasteiger partial charge in [-0.25, -0.2) is 0 Å². The Hall–Kier alpha value is -1.51. The van der Waals surface area contributed by atoms with E-state index < -0.39 is 0 Å². The number of hydrogen-bond acceptors (Lipinski definition) is 1. The fourth-order valence-corrected chi connectivity index (χ4v) is 2.45. The second kappa shape index (κ2) is 7.17. The summed E-state index contributed by atoms with van der Waals surface area (Å²) in [5.74, 6) is 1.07. The Bertz CT molecular complexity index is 426. The molecule has 2 rings (SSSR count). The van der Waals surface area contributed by atoms with E-state index in [-0.39, 0.29) is 0 Å². The molecular weight excluding hydrogens is 234 g/mol. The number of aliphatic imine (C=N–C) groups is 1. The summed E-state index contributed by atoms with van der Waals surface area (Å²) in [5, 5.41) is 3.42. The summed E-state index contributed by atoms with van der Waals surface area (Å²) < 4.78 is 0. The molecule has 0 unspecified atom stereocenters. The van der Waals surface area contributed by atoms with Crippen molar-refractivity contribution in [2.45, 2.75) is 39.7 Å². The van der Waals surface area contributed by atoms with Crippen LogP contribution in [0.5, 0.6) is 0 Å². The second-order valence-electron chi connectivity index (χ2n) is 5.03. The molecule has 0 bridgehead atoms. The number of nitrogens with one attached hydrogen (secondary N) is 1. The molecule has 0 fully saturated rings. The van der Waals surface area contributed by atoms with Gasteiger partial charge in [0.15, 0.2) is 5.96 Å². The fourth-order valence-electron chi connectivity index (χ4n) is 2.45. The van der Waals surface area contributed by atoms with Crippen LogP contribution < -0.4 is 5.32 Å². The molecule has 1 aliphatic rings. The highest BCUT2D eigenvalue weighted by molar-refractivity contribution is 5.80. The van der Waals surface area contributed by atoms with Gasteiger partial charge in [-0.05, 0) is 30.9 Å². The number of guanidine groups is 1. The van der Waals surface area contributed by atoms with Gasteiger partial charge in [0.05, 0.1) is 0 Å². The highest BCUT2D eigenvalue weighted by atomic mass is 15.3. The van der Waals surface area contributed by atoms with E-state index in [9.17, 15) is 0 Å². The number of benzene rings is 1. The molecule has 0 saturated carbocycles. The third-order valence-electron chi connectivity index (χ3n) is 3.54. The Kier molecular flexibility index (Phi) is 5.25.